The van der Waals surface area contributed by atoms with Crippen molar-refractivity contribution in [3.63, 3.8) is 0 Å². The average Bonchev–Trinajstić information content (AvgIpc) is 2.27. The number of hydrogen-bond donors (Lipinski definition) is 2. The van der Waals surface area contributed by atoms with Crippen LogP contribution in [0, 0.1) is 5.41 Å². The monoisotopic (exact) mass is 272 g/mol. The number of Topliss-reactive ketones (excluding diaryl/α,β-unsaturated/α-hetero) is 1. The topological polar surface area (TPSA) is 57.5 Å². The molecule has 18 heavy (non-hydrogen) atoms. The van der Waals surface area contributed by atoms with E-state index in [9.17, 15) is 15.0 Å². The SMILES string of the molecule is CCCC1(CCC)C=C(Cl)C(O)=C(C(C)=O)C1O. The fourth-order valence-corrected chi connectivity index (χ4v) is 3.10. The molecule has 102 valence electrons. The number of rotatable bonds is 5. The summed E-state index contributed by atoms with van der Waals surface area (Å²) in [5, 5.41) is 20.5. The second-order valence-corrected chi connectivity index (χ2v) is 5.35. The predicted molar refractivity (Wildman–Crippen MR) is 72.5 cm³/mol. The first kappa shape index (κ1) is 15.3. The highest BCUT2D eigenvalue weighted by molar-refractivity contribution is 6.32. The third kappa shape index (κ3) is 2.62. The number of ketones is 1. The Morgan fingerprint density at radius 1 is 1.39 bits per heavy atom. The van der Waals surface area contributed by atoms with Crippen LogP contribution in [0.25, 0.3) is 0 Å². The first-order chi connectivity index (χ1) is 8.39. The van der Waals surface area contributed by atoms with Gasteiger partial charge in [0.25, 0.3) is 0 Å². The molecule has 0 fully saturated rings. The maximum absolute atomic E-state index is 11.6. The van der Waals surface area contributed by atoms with Crippen LogP contribution in [0.2, 0.25) is 0 Å². The van der Waals surface area contributed by atoms with Crippen molar-refractivity contribution < 1.29 is 15.0 Å². The maximum Gasteiger partial charge on any atom is 0.162 e. The van der Waals surface area contributed by atoms with E-state index in [0.717, 1.165) is 25.7 Å². The minimum absolute atomic E-state index is 0.0457. The van der Waals surface area contributed by atoms with Crippen molar-refractivity contribution in [1.82, 2.24) is 0 Å². The molecular formula is C14H21ClO3. The standard InChI is InChI=1S/C14H21ClO3/c1-4-6-14(7-5-2)8-10(15)12(17)11(9(3)16)13(14)18/h8,13,17-18H,4-7H2,1-3H3. The number of aliphatic hydroxyl groups is 2. The minimum Gasteiger partial charge on any atom is -0.506 e. The van der Waals surface area contributed by atoms with Gasteiger partial charge in [-0.2, -0.15) is 0 Å². The Balaban J connectivity index is 3.29. The van der Waals surface area contributed by atoms with Crippen LogP contribution in [0.5, 0.6) is 0 Å². The summed E-state index contributed by atoms with van der Waals surface area (Å²) in [5.41, 5.74) is -0.488. The number of allylic oxidation sites excluding steroid dienone is 1. The number of carbonyl (C=O) groups is 1. The van der Waals surface area contributed by atoms with Crippen LogP contribution in [0.1, 0.15) is 46.5 Å². The fourth-order valence-electron chi connectivity index (χ4n) is 2.78. The van der Waals surface area contributed by atoms with Crippen LogP contribution in [-0.2, 0) is 4.79 Å². The number of halogens is 1. The van der Waals surface area contributed by atoms with Gasteiger partial charge < -0.3 is 10.2 Å². The lowest BCUT2D eigenvalue weighted by Crippen LogP contribution is -2.40. The van der Waals surface area contributed by atoms with Gasteiger partial charge in [-0.15, -0.1) is 0 Å². The van der Waals surface area contributed by atoms with Crippen LogP contribution >= 0.6 is 11.6 Å². The molecule has 1 unspecified atom stereocenters. The van der Waals surface area contributed by atoms with Gasteiger partial charge in [0.15, 0.2) is 5.78 Å². The molecule has 0 aromatic heterocycles. The van der Waals surface area contributed by atoms with E-state index in [1.807, 2.05) is 13.8 Å². The second kappa shape index (κ2) is 5.89. The van der Waals surface area contributed by atoms with E-state index in [0.29, 0.717) is 0 Å². The van der Waals surface area contributed by atoms with Crippen molar-refractivity contribution in [3.8, 4) is 0 Å². The van der Waals surface area contributed by atoms with Gasteiger partial charge in [0.2, 0.25) is 0 Å². The highest BCUT2D eigenvalue weighted by Crippen LogP contribution is 2.45. The van der Waals surface area contributed by atoms with Crippen LogP contribution in [0.4, 0.5) is 0 Å². The molecule has 0 bridgehead atoms. The maximum atomic E-state index is 11.6. The normalized spacial score (nSPS) is 22.9. The summed E-state index contributed by atoms with van der Waals surface area (Å²) in [5.74, 6) is -0.609. The van der Waals surface area contributed by atoms with Crippen molar-refractivity contribution in [1.29, 1.82) is 0 Å². The summed E-state index contributed by atoms with van der Waals surface area (Å²) in [6.45, 7) is 5.39. The van der Waals surface area contributed by atoms with Gasteiger partial charge in [-0.05, 0) is 19.8 Å². The molecule has 0 saturated carbocycles. The molecule has 1 atom stereocenters. The third-order valence-corrected chi connectivity index (χ3v) is 3.81. The van der Waals surface area contributed by atoms with E-state index in [-0.39, 0.29) is 22.1 Å². The molecule has 1 rings (SSSR count). The molecule has 1 aliphatic carbocycles. The Morgan fingerprint density at radius 2 is 1.89 bits per heavy atom. The molecule has 0 radical (unpaired) electrons. The van der Waals surface area contributed by atoms with Gasteiger partial charge in [0.1, 0.15) is 5.76 Å². The molecule has 0 aromatic carbocycles. The zero-order chi connectivity index (χ0) is 13.9. The second-order valence-electron chi connectivity index (χ2n) is 4.95. The highest BCUT2D eigenvalue weighted by Gasteiger charge is 2.43. The molecule has 0 spiro atoms. The lowest BCUT2D eigenvalue weighted by Gasteiger charge is -2.39. The summed E-state index contributed by atoms with van der Waals surface area (Å²) in [7, 11) is 0. The smallest absolute Gasteiger partial charge is 0.162 e. The van der Waals surface area contributed by atoms with Crippen LogP contribution in [-0.4, -0.2) is 22.1 Å². The van der Waals surface area contributed by atoms with Crippen LogP contribution < -0.4 is 0 Å². The number of hydrogen-bond acceptors (Lipinski definition) is 3. The first-order valence-corrected chi connectivity index (χ1v) is 6.78. The molecule has 0 aromatic rings. The molecule has 0 aliphatic heterocycles. The molecule has 0 heterocycles. The molecule has 4 heteroatoms. The van der Waals surface area contributed by atoms with E-state index in [2.05, 4.69) is 0 Å². The average molecular weight is 273 g/mol. The summed E-state index contributed by atoms with van der Waals surface area (Å²) in [4.78, 5) is 11.6. The van der Waals surface area contributed by atoms with Gasteiger partial charge in [-0.3, -0.25) is 4.79 Å². The summed E-state index contributed by atoms with van der Waals surface area (Å²) >= 11 is 6.02. The van der Waals surface area contributed by atoms with Crippen molar-refractivity contribution >= 4 is 17.4 Å². The molecule has 1 aliphatic rings. The molecule has 0 amide bonds. The zero-order valence-electron chi connectivity index (χ0n) is 11.2. The zero-order valence-corrected chi connectivity index (χ0v) is 11.9. The van der Waals surface area contributed by atoms with Gasteiger partial charge in [-0.1, -0.05) is 44.4 Å². The van der Waals surface area contributed by atoms with Crippen LogP contribution in [0.15, 0.2) is 22.4 Å². The Morgan fingerprint density at radius 3 is 2.28 bits per heavy atom. The largest absolute Gasteiger partial charge is 0.506 e. The van der Waals surface area contributed by atoms with Crippen molar-refractivity contribution in [2.45, 2.75) is 52.6 Å². The Labute approximate surface area is 113 Å². The van der Waals surface area contributed by atoms with E-state index in [1.54, 1.807) is 6.08 Å². The van der Waals surface area contributed by atoms with Gasteiger partial charge in [0.05, 0.1) is 16.7 Å². The number of carbonyl (C=O) groups excluding carboxylic acids is 1. The van der Waals surface area contributed by atoms with E-state index >= 15 is 0 Å². The molecule has 0 saturated heterocycles. The van der Waals surface area contributed by atoms with E-state index in [1.165, 1.54) is 6.92 Å². The minimum atomic E-state index is -0.975. The predicted octanol–water partition coefficient (Wildman–Crippen LogP) is 3.47. The van der Waals surface area contributed by atoms with Crippen molar-refractivity contribution in [2.75, 3.05) is 0 Å². The van der Waals surface area contributed by atoms with Gasteiger partial charge in [-0.25, -0.2) is 0 Å². The number of aliphatic hydroxyl groups excluding tert-OH is 2. The van der Waals surface area contributed by atoms with Crippen LogP contribution in [0.3, 0.4) is 0 Å². The van der Waals surface area contributed by atoms with E-state index < -0.39 is 11.5 Å². The summed E-state index contributed by atoms with van der Waals surface area (Å²) < 4.78 is 0. The van der Waals surface area contributed by atoms with Gasteiger partial charge in [0, 0.05) is 5.41 Å². The van der Waals surface area contributed by atoms with Crippen molar-refractivity contribution in [3.05, 3.63) is 22.4 Å². The quantitative estimate of drug-likeness (QED) is 0.806. The lowest BCUT2D eigenvalue weighted by molar-refractivity contribution is -0.115. The fraction of sp³-hybridized carbons (Fsp3) is 0.643. The van der Waals surface area contributed by atoms with Crippen molar-refractivity contribution in [2.24, 2.45) is 5.41 Å². The Bertz CT molecular complexity index is 390. The third-order valence-electron chi connectivity index (χ3n) is 3.52. The molecule has 2 N–H and O–H groups in total. The van der Waals surface area contributed by atoms with Gasteiger partial charge >= 0.3 is 0 Å². The molecule has 3 nitrogen and oxygen atoms in total. The molecular weight excluding hydrogens is 252 g/mol. The lowest BCUT2D eigenvalue weighted by atomic mass is 9.69. The van der Waals surface area contributed by atoms with E-state index in [4.69, 9.17) is 11.6 Å². The summed E-state index contributed by atoms with van der Waals surface area (Å²) in [6.07, 6.45) is 3.98. The summed E-state index contributed by atoms with van der Waals surface area (Å²) in [6, 6.07) is 0. The Hall–Kier alpha value is -0.800. The Kier molecular flexibility index (Phi) is 5.00. The first-order valence-electron chi connectivity index (χ1n) is 6.40. The highest BCUT2D eigenvalue weighted by atomic mass is 35.5.